The number of para-hydroxylation sites is 2. The summed E-state index contributed by atoms with van der Waals surface area (Å²) in [7, 11) is -4.10. The van der Waals surface area contributed by atoms with Crippen molar-refractivity contribution in [3.63, 3.8) is 0 Å². The van der Waals surface area contributed by atoms with E-state index in [1.807, 2.05) is 25.1 Å². The van der Waals surface area contributed by atoms with Gasteiger partial charge in [0.15, 0.2) is 5.78 Å². The molecule has 0 radical (unpaired) electrons. The molecule has 4 aromatic carbocycles. The summed E-state index contributed by atoms with van der Waals surface area (Å²) in [5, 5.41) is 0. The van der Waals surface area contributed by atoms with Crippen LogP contribution in [0.15, 0.2) is 114 Å². The van der Waals surface area contributed by atoms with E-state index in [4.69, 9.17) is 0 Å². The molecule has 0 amide bonds. The highest BCUT2D eigenvalue weighted by molar-refractivity contribution is 7.93. The van der Waals surface area contributed by atoms with Crippen molar-refractivity contribution < 1.29 is 13.2 Å². The largest absolute Gasteiger partial charge is 0.289 e. The highest BCUT2D eigenvalue weighted by Gasteiger charge is 2.31. The minimum absolute atomic E-state index is 0.0281. The van der Waals surface area contributed by atoms with E-state index in [-0.39, 0.29) is 16.2 Å². The van der Waals surface area contributed by atoms with Gasteiger partial charge in [0.05, 0.1) is 16.3 Å². The molecular formula is C26H21NO3S. The molecule has 0 N–H and O–H groups in total. The monoisotopic (exact) mass is 427 g/mol. The van der Waals surface area contributed by atoms with Gasteiger partial charge in [0.1, 0.15) is 0 Å². The zero-order valence-corrected chi connectivity index (χ0v) is 17.8. The molecule has 154 valence electrons. The lowest BCUT2D eigenvalue weighted by Gasteiger charge is -2.25. The third kappa shape index (κ3) is 4.13. The van der Waals surface area contributed by atoms with Gasteiger partial charge in [0, 0.05) is 11.1 Å². The highest BCUT2D eigenvalue weighted by Crippen LogP contribution is 2.34. The fourth-order valence-corrected chi connectivity index (χ4v) is 5.11. The van der Waals surface area contributed by atoms with Gasteiger partial charge in [-0.25, -0.2) is 12.7 Å². The number of nitrogens with zero attached hydrogens (tertiary/aromatic N) is 1. The molecule has 5 heteroatoms. The zero-order chi connectivity index (χ0) is 21.8. The average Bonchev–Trinajstić information content (AvgIpc) is 2.80. The van der Waals surface area contributed by atoms with Crippen molar-refractivity contribution >= 4 is 27.2 Å². The normalized spacial score (nSPS) is 11.1. The molecule has 0 aliphatic rings. The fraction of sp³-hybridized carbons (Fsp3) is 0.0385. The first-order valence-corrected chi connectivity index (χ1v) is 11.3. The maximum absolute atomic E-state index is 14.0. The molecule has 31 heavy (non-hydrogen) atoms. The number of ketones is 1. The van der Waals surface area contributed by atoms with Crippen LogP contribution in [0, 0.1) is 6.92 Å². The summed E-state index contributed by atoms with van der Waals surface area (Å²) in [6.07, 6.45) is 0. The summed E-state index contributed by atoms with van der Waals surface area (Å²) in [5.74, 6) is -0.330. The van der Waals surface area contributed by atoms with Gasteiger partial charge in [-0.2, -0.15) is 0 Å². The number of aryl methyl sites for hydroxylation is 1. The molecule has 0 aliphatic heterocycles. The quantitative estimate of drug-likeness (QED) is 0.368. The van der Waals surface area contributed by atoms with Crippen LogP contribution >= 0.6 is 0 Å². The summed E-state index contributed by atoms with van der Waals surface area (Å²) >= 11 is 0. The minimum atomic E-state index is -4.10. The molecule has 4 aromatic rings. The maximum Gasteiger partial charge on any atom is 0.269 e. The lowest BCUT2D eigenvalue weighted by atomic mass is 10.0. The van der Waals surface area contributed by atoms with Crippen molar-refractivity contribution in [2.75, 3.05) is 4.31 Å². The second-order valence-corrected chi connectivity index (χ2v) is 8.89. The van der Waals surface area contributed by atoms with Crippen LogP contribution in [0.5, 0.6) is 0 Å². The van der Waals surface area contributed by atoms with Gasteiger partial charge in [0.2, 0.25) is 0 Å². The molecule has 0 aromatic heterocycles. The molecule has 0 fully saturated rings. The van der Waals surface area contributed by atoms with Crippen LogP contribution in [0.4, 0.5) is 11.4 Å². The van der Waals surface area contributed by atoms with Gasteiger partial charge in [-0.15, -0.1) is 0 Å². The molecular weight excluding hydrogens is 406 g/mol. The Hall–Kier alpha value is -3.70. The Balaban J connectivity index is 1.92. The van der Waals surface area contributed by atoms with E-state index in [0.717, 1.165) is 5.56 Å². The number of anilines is 2. The number of hydrogen-bond acceptors (Lipinski definition) is 3. The molecule has 0 bridgehead atoms. The molecule has 0 saturated heterocycles. The Labute approximate surface area is 182 Å². The van der Waals surface area contributed by atoms with E-state index in [0.29, 0.717) is 16.9 Å². The summed E-state index contributed by atoms with van der Waals surface area (Å²) in [4.78, 5) is 13.3. The molecule has 0 atom stereocenters. The van der Waals surface area contributed by atoms with Crippen LogP contribution in [-0.2, 0) is 10.0 Å². The van der Waals surface area contributed by atoms with Crippen LogP contribution in [0.25, 0.3) is 0 Å². The first-order valence-electron chi connectivity index (χ1n) is 9.84. The third-order valence-electron chi connectivity index (χ3n) is 4.92. The molecule has 0 heterocycles. The summed E-state index contributed by atoms with van der Waals surface area (Å²) in [6.45, 7) is 1.84. The van der Waals surface area contributed by atoms with E-state index in [9.17, 15) is 13.2 Å². The van der Waals surface area contributed by atoms with Gasteiger partial charge in [-0.1, -0.05) is 78.4 Å². The number of rotatable bonds is 6. The lowest BCUT2D eigenvalue weighted by molar-refractivity contribution is 0.103. The van der Waals surface area contributed by atoms with Crippen LogP contribution in [0.2, 0.25) is 0 Å². The smallest absolute Gasteiger partial charge is 0.269 e. The summed E-state index contributed by atoms with van der Waals surface area (Å²) < 4.78 is 29.2. The summed E-state index contributed by atoms with van der Waals surface area (Å²) in [6, 6.07) is 31.3. The zero-order valence-electron chi connectivity index (χ0n) is 17.0. The number of carbonyl (C=O) groups is 1. The maximum atomic E-state index is 14.0. The standard InChI is InChI=1S/C26H21NO3S/c1-20-17-18-25(24(19-20)26(28)21-11-5-2-6-12-21)31(29,30)27(22-13-7-3-8-14-22)23-15-9-4-10-16-23/h2-19H,1H3. The fourth-order valence-electron chi connectivity index (χ4n) is 3.44. The Bertz CT molecular complexity index is 1260. The summed E-state index contributed by atoms with van der Waals surface area (Å²) in [5.41, 5.74) is 2.39. The van der Waals surface area contributed by atoms with Gasteiger partial charge < -0.3 is 0 Å². The Morgan fingerprint density at radius 1 is 0.677 bits per heavy atom. The predicted molar refractivity (Wildman–Crippen MR) is 123 cm³/mol. The minimum Gasteiger partial charge on any atom is -0.289 e. The average molecular weight is 428 g/mol. The first kappa shape index (κ1) is 20.6. The van der Waals surface area contributed by atoms with Gasteiger partial charge in [-0.3, -0.25) is 4.79 Å². The third-order valence-corrected chi connectivity index (χ3v) is 6.73. The van der Waals surface area contributed by atoms with E-state index < -0.39 is 10.0 Å². The Kier molecular flexibility index (Phi) is 5.69. The number of sulfonamides is 1. The van der Waals surface area contributed by atoms with Crippen molar-refractivity contribution in [3.8, 4) is 0 Å². The molecule has 4 nitrogen and oxygen atoms in total. The molecule has 4 rings (SSSR count). The number of carbonyl (C=O) groups excluding carboxylic acids is 1. The van der Waals surface area contributed by atoms with Gasteiger partial charge in [-0.05, 0) is 43.3 Å². The van der Waals surface area contributed by atoms with Crippen molar-refractivity contribution in [2.24, 2.45) is 0 Å². The van der Waals surface area contributed by atoms with E-state index >= 15 is 0 Å². The van der Waals surface area contributed by atoms with Gasteiger partial charge >= 0.3 is 0 Å². The molecule has 0 unspecified atom stereocenters. The second-order valence-electron chi connectivity index (χ2n) is 7.14. The molecule has 0 saturated carbocycles. The van der Waals surface area contributed by atoms with Crippen LogP contribution in [0.1, 0.15) is 21.5 Å². The van der Waals surface area contributed by atoms with E-state index in [2.05, 4.69) is 0 Å². The number of benzene rings is 4. The van der Waals surface area contributed by atoms with Crippen molar-refractivity contribution in [3.05, 3.63) is 126 Å². The molecule has 0 spiro atoms. The lowest BCUT2D eigenvalue weighted by Crippen LogP contribution is -2.28. The Morgan fingerprint density at radius 2 is 1.16 bits per heavy atom. The molecule has 0 aliphatic carbocycles. The highest BCUT2D eigenvalue weighted by atomic mass is 32.2. The van der Waals surface area contributed by atoms with Crippen molar-refractivity contribution in [2.45, 2.75) is 11.8 Å². The second kappa shape index (κ2) is 8.58. The van der Waals surface area contributed by atoms with E-state index in [1.54, 1.807) is 84.9 Å². The van der Waals surface area contributed by atoms with Crippen LogP contribution in [0.3, 0.4) is 0 Å². The first-order chi connectivity index (χ1) is 15.0. The van der Waals surface area contributed by atoms with E-state index in [1.165, 1.54) is 10.4 Å². The van der Waals surface area contributed by atoms with Crippen molar-refractivity contribution in [1.82, 2.24) is 0 Å². The Morgan fingerprint density at radius 3 is 1.68 bits per heavy atom. The SMILES string of the molecule is Cc1ccc(S(=O)(=O)N(c2ccccc2)c2ccccc2)c(C(=O)c2ccccc2)c1. The predicted octanol–water partition coefficient (Wildman–Crippen LogP) is 5.75. The van der Waals surface area contributed by atoms with Gasteiger partial charge in [0.25, 0.3) is 10.0 Å². The van der Waals surface area contributed by atoms with Crippen molar-refractivity contribution in [1.29, 1.82) is 0 Å². The van der Waals surface area contributed by atoms with Crippen LogP contribution < -0.4 is 4.31 Å². The number of hydrogen-bond donors (Lipinski definition) is 0. The topological polar surface area (TPSA) is 54.5 Å². The van der Waals surface area contributed by atoms with Crippen LogP contribution in [-0.4, -0.2) is 14.2 Å².